The molecule has 0 unspecified atom stereocenters. The van der Waals surface area contributed by atoms with E-state index in [0.717, 1.165) is 31.3 Å². The Balaban J connectivity index is 2.15. The summed E-state index contributed by atoms with van der Waals surface area (Å²) in [4.78, 5) is 3.24. The van der Waals surface area contributed by atoms with Crippen molar-refractivity contribution in [3.8, 4) is 0 Å². The van der Waals surface area contributed by atoms with E-state index in [-0.39, 0.29) is 0 Å². The van der Waals surface area contributed by atoms with Crippen molar-refractivity contribution in [2.75, 3.05) is 0 Å². The molecule has 0 spiro atoms. The van der Waals surface area contributed by atoms with Crippen LogP contribution >= 0.6 is 44.1 Å². The Morgan fingerprint density at radius 3 is 2.68 bits per heavy atom. The highest BCUT2D eigenvalue weighted by Gasteiger charge is 2.07. The van der Waals surface area contributed by atoms with Gasteiger partial charge in [-0.05, 0) is 42.0 Å². The highest BCUT2D eigenvalue weighted by atomic mass is 79.9. The lowest BCUT2D eigenvalue weighted by Gasteiger charge is -2.07. The van der Waals surface area contributed by atoms with Crippen molar-refractivity contribution in [3.63, 3.8) is 0 Å². The molecule has 0 radical (unpaired) electrons. The molecular weight excluding hydrogens is 388 g/mol. The quantitative estimate of drug-likeness (QED) is 0.584. The number of H-pyrrole nitrogens is 1. The number of aromatic amines is 1. The second-order valence-corrected chi connectivity index (χ2v) is 6.43. The number of aromatic nitrogens is 2. The molecule has 0 aliphatic heterocycles. The molecule has 0 bridgehead atoms. The summed E-state index contributed by atoms with van der Waals surface area (Å²) >= 11 is 12.5. The minimum Gasteiger partial charge on any atom is -0.331 e. The van der Waals surface area contributed by atoms with Crippen molar-refractivity contribution >= 4 is 55.1 Å². The molecular formula is C14H10Br2N2S. The van der Waals surface area contributed by atoms with E-state index in [1.165, 1.54) is 5.56 Å². The van der Waals surface area contributed by atoms with Gasteiger partial charge >= 0.3 is 0 Å². The van der Waals surface area contributed by atoms with Crippen LogP contribution < -0.4 is 0 Å². The first-order chi connectivity index (χ1) is 9.15. The average molecular weight is 398 g/mol. The van der Waals surface area contributed by atoms with Gasteiger partial charge in [0.1, 0.15) is 0 Å². The molecule has 1 aromatic heterocycles. The molecule has 19 heavy (non-hydrogen) atoms. The highest BCUT2D eigenvalue weighted by Crippen LogP contribution is 2.23. The molecule has 0 aliphatic carbocycles. The first-order valence-electron chi connectivity index (χ1n) is 5.76. The van der Waals surface area contributed by atoms with Gasteiger partial charge in [-0.15, -0.1) is 0 Å². The summed E-state index contributed by atoms with van der Waals surface area (Å²) in [6.07, 6.45) is 0. The van der Waals surface area contributed by atoms with Crippen LogP contribution in [0.2, 0.25) is 0 Å². The monoisotopic (exact) mass is 396 g/mol. The van der Waals surface area contributed by atoms with Crippen LogP contribution in [0.1, 0.15) is 5.56 Å². The van der Waals surface area contributed by atoms with Crippen LogP contribution in [0.25, 0.3) is 11.0 Å². The second kappa shape index (κ2) is 5.23. The Morgan fingerprint density at radius 1 is 1.11 bits per heavy atom. The molecule has 96 valence electrons. The van der Waals surface area contributed by atoms with Gasteiger partial charge in [0.15, 0.2) is 4.77 Å². The maximum atomic E-state index is 5.42. The first kappa shape index (κ1) is 13.1. The van der Waals surface area contributed by atoms with Crippen molar-refractivity contribution in [1.82, 2.24) is 9.55 Å². The molecule has 0 amide bonds. The molecule has 0 saturated heterocycles. The van der Waals surface area contributed by atoms with Crippen molar-refractivity contribution in [2.24, 2.45) is 0 Å². The molecule has 0 saturated carbocycles. The molecule has 0 fully saturated rings. The van der Waals surface area contributed by atoms with E-state index >= 15 is 0 Å². The normalized spacial score (nSPS) is 11.1. The molecule has 0 atom stereocenters. The van der Waals surface area contributed by atoms with Gasteiger partial charge in [0.25, 0.3) is 0 Å². The number of nitrogens with one attached hydrogen (secondary N) is 1. The van der Waals surface area contributed by atoms with Crippen LogP contribution in [-0.4, -0.2) is 9.55 Å². The average Bonchev–Trinajstić information content (AvgIpc) is 2.69. The largest absolute Gasteiger partial charge is 0.331 e. The fraction of sp³-hybridized carbons (Fsp3) is 0.0714. The van der Waals surface area contributed by atoms with Crippen molar-refractivity contribution in [2.45, 2.75) is 6.54 Å². The predicted molar refractivity (Wildman–Crippen MR) is 88.1 cm³/mol. The maximum absolute atomic E-state index is 5.42. The SMILES string of the molecule is S=c1[nH]c2ccc(Br)cc2n1Cc1ccccc1Br. The van der Waals surface area contributed by atoms with E-state index in [1.807, 2.05) is 30.3 Å². The Hall–Kier alpha value is -0.910. The topological polar surface area (TPSA) is 20.7 Å². The zero-order valence-corrected chi connectivity index (χ0v) is 13.8. The Morgan fingerprint density at radius 2 is 1.89 bits per heavy atom. The molecule has 2 nitrogen and oxygen atoms in total. The molecule has 2 aromatic carbocycles. The zero-order chi connectivity index (χ0) is 13.4. The van der Waals surface area contributed by atoms with Gasteiger partial charge < -0.3 is 9.55 Å². The van der Waals surface area contributed by atoms with Gasteiger partial charge in [-0.2, -0.15) is 0 Å². The lowest BCUT2D eigenvalue weighted by atomic mass is 10.2. The summed E-state index contributed by atoms with van der Waals surface area (Å²) in [7, 11) is 0. The van der Waals surface area contributed by atoms with Gasteiger partial charge in [-0.1, -0.05) is 50.1 Å². The van der Waals surface area contributed by atoms with Crippen LogP contribution in [-0.2, 0) is 6.54 Å². The van der Waals surface area contributed by atoms with Gasteiger partial charge in [-0.3, -0.25) is 0 Å². The van der Waals surface area contributed by atoms with Crippen molar-refractivity contribution in [3.05, 3.63) is 61.7 Å². The number of fused-ring (bicyclic) bond motifs is 1. The molecule has 0 aliphatic rings. The summed E-state index contributed by atoms with van der Waals surface area (Å²) in [5, 5.41) is 0. The highest BCUT2D eigenvalue weighted by molar-refractivity contribution is 9.10. The smallest absolute Gasteiger partial charge is 0.178 e. The van der Waals surface area contributed by atoms with Gasteiger partial charge in [0.05, 0.1) is 17.6 Å². The number of hydrogen-bond acceptors (Lipinski definition) is 1. The van der Waals surface area contributed by atoms with Crippen molar-refractivity contribution < 1.29 is 0 Å². The molecule has 5 heteroatoms. The minimum atomic E-state index is 0.740. The standard InChI is InChI=1S/C14H10Br2N2S/c15-10-5-6-12-13(7-10)18(14(19)17-12)8-9-3-1-2-4-11(9)16/h1-7H,8H2,(H,17,19). The third kappa shape index (κ3) is 2.55. The van der Waals surface area contributed by atoms with Crippen LogP contribution in [0.4, 0.5) is 0 Å². The van der Waals surface area contributed by atoms with E-state index in [4.69, 9.17) is 12.2 Å². The molecule has 1 N–H and O–H groups in total. The predicted octanol–water partition coefficient (Wildman–Crippen LogP) is 5.27. The third-order valence-electron chi connectivity index (χ3n) is 3.02. The number of halogens is 2. The Bertz CT molecular complexity index is 805. The fourth-order valence-electron chi connectivity index (χ4n) is 2.08. The van der Waals surface area contributed by atoms with E-state index in [0.29, 0.717) is 0 Å². The summed E-state index contributed by atoms with van der Waals surface area (Å²) in [6.45, 7) is 0.747. The van der Waals surface area contributed by atoms with Crippen LogP contribution in [0.3, 0.4) is 0 Å². The van der Waals surface area contributed by atoms with E-state index < -0.39 is 0 Å². The lowest BCUT2D eigenvalue weighted by molar-refractivity contribution is 0.807. The summed E-state index contributed by atoms with van der Waals surface area (Å²) in [5.41, 5.74) is 3.37. The second-order valence-electron chi connectivity index (χ2n) is 4.27. The van der Waals surface area contributed by atoms with Gasteiger partial charge in [0.2, 0.25) is 0 Å². The number of hydrogen-bond donors (Lipinski definition) is 1. The van der Waals surface area contributed by atoms with Crippen molar-refractivity contribution in [1.29, 1.82) is 0 Å². The van der Waals surface area contributed by atoms with E-state index in [9.17, 15) is 0 Å². The third-order valence-corrected chi connectivity index (χ3v) is 4.61. The number of rotatable bonds is 2. The minimum absolute atomic E-state index is 0.740. The summed E-state index contributed by atoms with van der Waals surface area (Å²) < 4.78 is 5.00. The molecule has 3 rings (SSSR count). The van der Waals surface area contributed by atoms with Gasteiger partial charge in [0, 0.05) is 8.95 Å². The summed E-state index contributed by atoms with van der Waals surface area (Å²) in [5.74, 6) is 0. The zero-order valence-electron chi connectivity index (χ0n) is 9.86. The van der Waals surface area contributed by atoms with Crippen LogP contribution in [0.5, 0.6) is 0 Å². The number of nitrogens with zero attached hydrogens (tertiary/aromatic N) is 1. The molecule has 3 aromatic rings. The lowest BCUT2D eigenvalue weighted by Crippen LogP contribution is -2.00. The van der Waals surface area contributed by atoms with E-state index in [2.05, 4.69) is 53.5 Å². The summed E-state index contributed by atoms with van der Waals surface area (Å²) in [6, 6.07) is 14.3. The van der Waals surface area contributed by atoms with Gasteiger partial charge in [-0.25, -0.2) is 0 Å². The molecule has 1 heterocycles. The maximum Gasteiger partial charge on any atom is 0.178 e. The van der Waals surface area contributed by atoms with E-state index in [1.54, 1.807) is 0 Å². The Labute approximate surface area is 132 Å². The fourth-order valence-corrected chi connectivity index (χ4v) is 3.11. The number of benzene rings is 2. The number of imidazole rings is 1. The first-order valence-corrected chi connectivity index (χ1v) is 7.76. The van der Waals surface area contributed by atoms with Crippen LogP contribution in [0.15, 0.2) is 51.4 Å². The van der Waals surface area contributed by atoms with Crippen LogP contribution in [0, 0.1) is 4.77 Å². The Kier molecular flexibility index (Phi) is 3.60.